The van der Waals surface area contributed by atoms with Crippen LogP contribution in [0.3, 0.4) is 0 Å². The van der Waals surface area contributed by atoms with Crippen molar-refractivity contribution in [3.05, 3.63) is 36.7 Å². The molecule has 0 bridgehead atoms. The van der Waals surface area contributed by atoms with E-state index in [4.69, 9.17) is 0 Å². The molecule has 0 saturated carbocycles. The lowest BCUT2D eigenvalue weighted by atomic mass is 10.2. The number of hydrogen-bond donors (Lipinski definition) is 0. The first-order valence-electron chi connectivity index (χ1n) is 5.02. The monoisotopic (exact) mass is 314 g/mol. The van der Waals surface area contributed by atoms with E-state index in [0.29, 0.717) is 0 Å². The number of aromatic nitrogens is 2. The summed E-state index contributed by atoms with van der Waals surface area (Å²) in [6.07, 6.45) is 2.14. The largest absolute Gasteiger partial charge is 0.744 e. The quantitative estimate of drug-likeness (QED) is 0.718. The van der Waals surface area contributed by atoms with E-state index < -0.39 is 30.0 Å². The fraction of sp³-hybridized carbons (Fsp3) is 0. The fourth-order valence-corrected chi connectivity index (χ4v) is 2.38. The Kier molecular flexibility index (Phi) is 3.56. The van der Waals surface area contributed by atoms with Crippen molar-refractivity contribution >= 4 is 20.2 Å². The summed E-state index contributed by atoms with van der Waals surface area (Å²) in [7, 11) is -9.34. The minimum absolute atomic E-state index is 0.0348. The SMILES string of the molecule is O=S(=O)([O-])c1ccnc(-c2cc(S(=O)(=O)[O-])ccn2)c1. The molecule has 10 heteroatoms. The highest BCUT2D eigenvalue weighted by Gasteiger charge is 2.09. The van der Waals surface area contributed by atoms with E-state index in [1.165, 1.54) is 0 Å². The molecule has 0 amide bonds. The zero-order chi connectivity index (χ0) is 15.0. The maximum Gasteiger partial charge on any atom is 0.124 e. The maximum absolute atomic E-state index is 10.9. The second-order valence-corrected chi connectivity index (χ2v) is 6.42. The van der Waals surface area contributed by atoms with Gasteiger partial charge in [-0.05, 0) is 24.3 Å². The molecule has 0 saturated heterocycles. The Morgan fingerprint density at radius 3 is 1.40 bits per heavy atom. The van der Waals surface area contributed by atoms with Crippen LogP contribution in [0.5, 0.6) is 0 Å². The van der Waals surface area contributed by atoms with Crippen LogP contribution in [0.15, 0.2) is 46.5 Å². The minimum Gasteiger partial charge on any atom is -0.744 e. The van der Waals surface area contributed by atoms with Gasteiger partial charge in [-0.2, -0.15) is 0 Å². The topological polar surface area (TPSA) is 140 Å². The van der Waals surface area contributed by atoms with Crippen LogP contribution in [-0.4, -0.2) is 35.9 Å². The van der Waals surface area contributed by atoms with E-state index in [9.17, 15) is 25.9 Å². The van der Waals surface area contributed by atoms with Gasteiger partial charge in [-0.15, -0.1) is 0 Å². The molecule has 0 radical (unpaired) electrons. The Hall–Kier alpha value is -1.88. The molecular formula is C10H6N2O6S2-2. The third kappa shape index (κ3) is 3.17. The zero-order valence-corrected chi connectivity index (χ0v) is 11.3. The molecule has 2 rings (SSSR count). The highest BCUT2D eigenvalue weighted by Crippen LogP contribution is 2.20. The average molecular weight is 314 g/mol. The lowest BCUT2D eigenvalue weighted by Gasteiger charge is -2.10. The molecule has 0 atom stereocenters. The van der Waals surface area contributed by atoms with Gasteiger partial charge < -0.3 is 9.11 Å². The molecule has 106 valence electrons. The van der Waals surface area contributed by atoms with Crippen molar-refractivity contribution in [2.45, 2.75) is 9.79 Å². The van der Waals surface area contributed by atoms with Crippen LogP contribution in [0.4, 0.5) is 0 Å². The van der Waals surface area contributed by atoms with Gasteiger partial charge in [-0.25, -0.2) is 16.8 Å². The van der Waals surface area contributed by atoms with Crippen molar-refractivity contribution in [2.75, 3.05) is 0 Å². The molecule has 2 heterocycles. The first kappa shape index (κ1) is 14.5. The molecule has 0 aliphatic rings. The Morgan fingerprint density at radius 1 is 0.750 bits per heavy atom. The minimum atomic E-state index is -4.67. The van der Waals surface area contributed by atoms with E-state index in [1.807, 2.05) is 0 Å². The van der Waals surface area contributed by atoms with Gasteiger partial charge in [-0.3, -0.25) is 9.97 Å². The second-order valence-electron chi connectivity index (χ2n) is 3.66. The molecule has 2 aromatic rings. The molecule has 0 fully saturated rings. The van der Waals surface area contributed by atoms with E-state index in [-0.39, 0.29) is 11.4 Å². The van der Waals surface area contributed by atoms with Gasteiger partial charge in [0.1, 0.15) is 20.2 Å². The first-order valence-corrected chi connectivity index (χ1v) is 7.84. The summed E-state index contributed by atoms with van der Waals surface area (Å²) in [5.74, 6) is 0. The summed E-state index contributed by atoms with van der Waals surface area (Å²) < 4.78 is 65.4. The lowest BCUT2D eigenvalue weighted by Crippen LogP contribution is -2.01. The van der Waals surface area contributed by atoms with Crippen LogP contribution in [0.1, 0.15) is 0 Å². The van der Waals surface area contributed by atoms with E-state index in [0.717, 1.165) is 36.7 Å². The van der Waals surface area contributed by atoms with Gasteiger partial charge in [-0.1, -0.05) is 0 Å². The third-order valence-corrected chi connectivity index (χ3v) is 3.97. The van der Waals surface area contributed by atoms with Gasteiger partial charge in [0.15, 0.2) is 0 Å². The Balaban J connectivity index is 2.58. The second kappa shape index (κ2) is 4.90. The van der Waals surface area contributed by atoms with Gasteiger partial charge in [0.25, 0.3) is 0 Å². The molecule has 0 spiro atoms. The maximum atomic E-state index is 10.9. The first-order chi connectivity index (χ1) is 9.18. The van der Waals surface area contributed by atoms with E-state index >= 15 is 0 Å². The molecular weight excluding hydrogens is 308 g/mol. The van der Waals surface area contributed by atoms with Crippen molar-refractivity contribution in [3.63, 3.8) is 0 Å². The van der Waals surface area contributed by atoms with Crippen LogP contribution >= 0.6 is 0 Å². The molecule has 0 aliphatic carbocycles. The summed E-state index contributed by atoms with van der Waals surface area (Å²) in [6, 6.07) is 3.90. The molecule has 2 aromatic heterocycles. The molecule has 20 heavy (non-hydrogen) atoms. The fourth-order valence-electron chi connectivity index (χ4n) is 1.41. The van der Waals surface area contributed by atoms with Crippen molar-refractivity contribution in [1.82, 2.24) is 9.97 Å². The molecule has 0 N–H and O–H groups in total. The van der Waals surface area contributed by atoms with Crippen LogP contribution < -0.4 is 0 Å². The van der Waals surface area contributed by atoms with Crippen LogP contribution in [0, 0.1) is 0 Å². The third-order valence-electron chi connectivity index (χ3n) is 2.30. The van der Waals surface area contributed by atoms with Crippen molar-refractivity contribution < 1.29 is 25.9 Å². The van der Waals surface area contributed by atoms with Crippen LogP contribution in [-0.2, 0) is 20.2 Å². The Morgan fingerprint density at radius 2 is 1.10 bits per heavy atom. The van der Waals surface area contributed by atoms with Crippen molar-refractivity contribution in [3.8, 4) is 11.4 Å². The van der Waals surface area contributed by atoms with Gasteiger partial charge in [0.2, 0.25) is 0 Å². The van der Waals surface area contributed by atoms with E-state index in [2.05, 4.69) is 9.97 Å². The standard InChI is InChI=1S/C10H8N2O6S2/c13-19(14,15)7-1-3-11-9(5-7)10-6-8(2-4-12-10)20(16,17)18/h1-6H,(H,13,14,15)(H,16,17,18)/p-2. The van der Waals surface area contributed by atoms with Gasteiger partial charge in [0, 0.05) is 12.4 Å². The molecule has 0 unspecified atom stereocenters. The summed E-state index contributed by atoms with van der Waals surface area (Å²) in [5, 5.41) is 0. The number of rotatable bonds is 3. The molecule has 0 aromatic carbocycles. The van der Waals surface area contributed by atoms with Gasteiger partial charge in [0.05, 0.1) is 21.2 Å². The summed E-state index contributed by atoms with van der Waals surface area (Å²) in [6.45, 7) is 0. The van der Waals surface area contributed by atoms with Crippen molar-refractivity contribution in [2.24, 2.45) is 0 Å². The Labute approximate surface area is 114 Å². The highest BCUT2D eigenvalue weighted by atomic mass is 32.2. The predicted molar refractivity (Wildman–Crippen MR) is 63.4 cm³/mol. The van der Waals surface area contributed by atoms with Gasteiger partial charge >= 0.3 is 0 Å². The summed E-state index contributed by atoms with van der Waals surface area (Å²) >= 11 is 0. The summed E-state index contributed by atoms with van der Waals surface area (Å²) in [5.41, 5.74) is -0.0696. The molecule has 8 nitrogen and oxygen atoms in total. The van der Waals surface area contributed by atoms with Crippen LogP contribution in [0.25, 0.3) is 11.4 Å². The zero-order valence-electron chi connectivity index (χ0n) is 9.62. The highest BCUT2D eigenvalue weighted by molar-refractivity contribution is 7.86. The smallest absolute Gasteiger partial charge is 0.124 e. The average Bonchev–Trinajstić information content (AvgIpc) is 2.37. The lowest BCUT2D eigenvalue weighted by molar-refractivity contribution is 0.460. The van der Waals surface area contributed by atoms with Crippen LogP contribution in [0.2, 0.25) is 0 Å². The number of pyridine rings is 2. The van der Waals surface area contributed by atoms with E-state index in [1.54, 1.807) is 0 Å². The normalized spacial score (nSPS) is 12.3. The summed E-state index contributed by atoms with van der Waals surface area (Å²) in [4.78, 5) is 6.51. The number of nitrogens with zero attached hydrogens (tertiary/aromatic N) is 2. The predicted octanol–water partition coefficient (Wildman–Crippen LogP) is -0.0482. The number of hydrogen-bond acceptors (Lipinski definition) is 8. The Bertz CT molecular complexity index is 787. The molecule has 0 aliphatic heterocycles. The van der Waals surface area contributed by atoms with Crippen molar-refractivity contribution in [1.29, 1.82) is 0 Å².